The number of aliphatic hydroxyl groups is 1. The van der Waals surface area contributed by atoms with Crippen molar-refractivity contribution in [2.75, 3.05) is 39.3 Å². The second kappa shape index (κ2) is 5.87. The molecule has 2 aliphatic heterocycles. The number of fused-ring (bicyclic) bond motifs is 1. The third-order valence-corrected chi connectivity index (χ3v) is 4.64. The molecule has 18 heavy (non-hydrogen) atoms. The lowest BCUT2D eigenvalue weighted by molar-refractivity contribution is 0.168. The Balaban J connectivity index is 1.50. The van der Waals surface area contributed by atoms with Crippen molar-refractivity contribution in [3.8, 4) is 0 Å². The highest BCUT2D eigenvalue weighted by molar-refractivity contribution is 4.89. The molecule has 2 saturated heterocycles. The van der Waals surface area contributed by atoms with Gasteiger partial charge in [0.05, 0.1) is 6.61 Å². The van der Waals surface area contributed by atoms with Crippen molar-refractivity contribution in [1.29, 1.82) is 0 Å². The van der Waals surface area contributed by atoms with E-state index in [0.717, 1.165) is 12.6 Å². The second-order valence-electron chi connectivity index (χ2n) is 6.27. The van der Waals surface area contributed by atoms with Crippen LogP contribution < -0.4 is 5.32 Å². The molecule has 0 bridgehead atoms. The highest BCUT2D eigenvalue weighted by Gasteiger charge is 2.30. The fourth-order valence-corrected chi connectivity index (χ4v) is 3.51. The lowest BCUT2D eigenvalue weighted by Crippen LogP contribution is -2.46. The summed E-state index contributed by atoms with van der Waals surface area (Å²) in [5.74, 6) is 0. The van der Waals surface area contributed by atoms with Crippen LogP contribution in [-0.4, -0.2) is 72.4 Å². The zero-order valence-electron chi connectivity index (χ0n) is 11.4. The molecule has 3 aliphatic rings. The van der Waals surface area contributed by atoms with E-state index in [1.807, 2.05) is 0 Å². The van der Waals surface area contributed by atoms with Crippen LogP contribution in [0, 0.1) is 0 Å². The van der Waals surface area contributed by atoms with Crippen LogP contribution in [0.25, 0.3) is 0 Å². The van der Waals surface area contributed by atoms with Crippen molar-refractivity contribution in [2.24, 2.45) is 0 Å². The second-order valence-corrected chi connectivity index (χ2v) is 6.27. The normalized spacial score (nSPS) is 32.2. The minimum Gasteiger partial charge on any atom is -0.395 e. The molecule has 1 aliphatic carbocycles. The van der Waals surface area contributed by atoms with Crippen LogP contribution in [0.15, 0.2) is 0 Å². The fourth-order valence-electron chi connectivity index (χ4n) is 3.51. The average Bonchev–Trinajstić information content (AvgIpc) is 3.12. The molecule has 4 nitrogen and oxygen atoms in total. The number of nitrogens with zero attached hydrogens (tertiary/aromatic N) is 2. The summed E-state index contributed by atoms with van der Waals surface area (Å²) in [7, 11) is 0. The number of hydrogen-bond donors (Lipinski definition) is 2. The van der Waals surface area contributed by atoms with Crippen LogP contribution in [0.1, 0.15) is 32.1 Å². The van der Waals surface area contributed by atoms with Crippen molar-refractivity contribution in [3.05, 3.63) is 0 Å². The molecule has 2 N–H and O–H groups in total. The SMILES string of the molecule is OCC(CN1CCCN2CCCC2C1)NC1CC1. The Morgan fingerprint density at radius 3 is 2.72 bits per heavy atom. The first-order valence-electron chi connectivity index (χ1n) is 7.68. The monoisotopic (exact) mass is 253 g/mol. The van der Waals surface area contributed by atoms with Gasteiger partial charge in [-0.15, -0.1) is 0 Å². The van der Waals surface area contributed by atoms with Crippen molar-refractivity contribution in [3.63, 3.8) is 0 Å². The maximum Gasteiger partial charge on any atom is 0.0597 e. The molecule has 0 spiro atoms. The predicted octanol–water partition coefficient (Wildman–Crippen LogP) is 0.269. The molecule has 0 aromatic rings. The highest BCUT2D eigenvalue weighted by atomic mass is 16.3. The van der Waals surface area contributed by atoms with Gasteiger partial charge in [0, 0.05) is 31.2 Å². The molecule has 4 heteroatoms. The van der Waals surface area contributed by atoms with E-state index >= 15 is 0 Å². The summed E-state index contributed by atoms with van der Waals surface area (Å²) in [6, 6.07) is 1.76. The Hall–Kier alpha value is -0.160. The summed E-state index contributed by atoms with van der Waals surface area (Å²) in [4.78, 5) is 5.24. The van der Waals surface area contributed by atoms with E-state index in [0.29, 0.717) is 6.04 Å². The van der Waals surface area contributed by atoms with Crippen LogP contribution in [0.3, 0.4) is 0 Å². The Morgan fingerprint density at radius 1 is 1.11 bits per heavy atom. The van der Waals surface area contributed by atoms with Crippen molar-refractivity contribution < 1.29 is 5.11 Å². The minimum atomic E-state index is 0.279. The van der Waals surface area contributed by atoms with Gasteiger partial charge in [-0.25, -0.2) is 0 Å². The van der Waals surface area contributed by atoms with Crippen molar-refractivity contribution in [1.82, 2.24) is 15.1 Å². The molecular formula is C14H27N3O. The van der Waals surface area contributed by atoms with Gasteiger partial charge < -0.3 is 15.3 Å². The van der Waals surface area contributed by atoms with Crippen LogP contribution in [-0.2, 0) is 0 Å². The molecule has 104 valence electrons. The summed E-state index contributed by atoms with van der Waals surface area (Å²) in [6.07, 6.45) is 6.64. The van der Waals surface area contributed by atoms with Gasteiger partial charge in [0.15, 0.2) is 0 Å². The number of rotatable bonds is 5. The molecule has 3 rings (SSSR count). The third kappa shape index (κ3) is 3.23. The number of nitrogens with one attached hydrogen (secondary N) is 1. The zero-order chi connectivity index (χ0) is 12.4. The standard InChI is InChI=1S/C14H27N3O/c18-11-13(15-12-4-5-12)9-16-6-2-8-17-7-1-3-14(17)10-16/h12-15,18H,1-11H2. The van der Waals surface area contributed by atoms with Crippen LogP contribution in [0.4, 0.5) is 0 Å². The smallest absolute Gasteiger partial charge is 0.0597 e. The lowest BCUT2D eigenvalue weighted by atomic mass is 10.2. The summed E-state index contributed by atoms with van der Waals surface area (Å²) in [5, 5.41) is 13.1. The molecule has 1 saturated carbocycles. The van der Waals surface area contributed by atoms with E-state index in [-0.39, 0.29) is 12.6 Å². The number of hydrogen-bond acceptors (Lipinski definition) is 4. The maximum absolute atomic E-state index is 9.49. The van der Waals surface area contributed by atoms with Gasteiger partial charge in [-0.2, -0.15) is 0 Å². The Labute approximate surface area is 110 Å². The van der Waals surface area contributed by atoms with Gasteiger partial charge in [-0.05, 0) is 51.7 Å². The highest BCUT2D eigenvalue weighted by Crippen LogP contribution is 2.22. The summed E-state index contributed by atoms with van der Waals surface area (Å²) in [5.41, 5.74) is 0. The minimum absolute atomic E-state index is 0.279. The molecular weight excluding hydrogens is 226 g/mol. The molecule has 0 aromatic carbocycles. The van der Waals surface area contributed by atoms with Gasteiger partial charge in [-0.3, -0.25) is 4.90 Å². The quantitative estimate of drug-likeness (QED) is 0.738. The predicted molar refractivity (Wildman–Crippen MR) is 72.7 cm³/mol. The van der Waals surface area contributed by atoms with Crippen LogP contribution in [0.2, 0.25) is 0 Å². The topological polar surface area (TPSA) is 38.7 Å². The third-order valence-electron chi connectivity index (χ3n) is 4.64. The molecule has 2 unspecified atom stereocenters. The van der Waals surface area contributed by atoms with Gasteiger partial charge >= 0.3 is 0 Å². The average molecular weight is 253 g/mol. The van der Waals surface area contributed by atoms with E-state index in [4.69, 9.17) is 0 Å². The molecule has 0 aromatic heterocycles. The van der Waals surface area contributed by atoms with Crippen molar-refractivity contribution >= 4 is 0 Å². The van der Waals surface area contributed by atoms with Crippen molar-refractivity contribution in [2.45, 2.75) is 50.2 Å². The molecule has 0 radical (unpaired) electrons. The first kappa shape index (κ1) is 12.9. The summed E-state index contributed by atoms with van der Waals surface area (Å²) < 4.78 is 0. The zero-order valence-corrected chi connectivity index (χ0v) is 11.4. The molecule has 0 amide bonds. The van der Waals surface area contributed by atoms with E-state index in [1.165, 1.54) is 58.3 Å². The number of aliphatic hydroxyl groups excluding tert-OH is 1. The Bertz CT molecular complexity index is 270. The van der Waals surface area contributed by atoms with Gasteiger partial charge in [0.2, 0.25) is 0 Å². The maximum atomic E-state index is 9.49. The molecule has 3 fully saturated rings. The van der Waals surface area contributed by atoms with Gasteiger partial charge in [-0.1, -0.05) is 0 Å². The van der Waals surface area contributed by atoms with Gasteiger partial charge in [0.25, 0.3) is 0 Å². The summed E-state index contributed by atoms with van der Waals surface area (Å²) >= 11 is 0. The largest absolute Gasteiger partial charge is 0.395 e. The lowest BCUT2D eigenvalue weighted by Gasteiger charge is -2.28. The van der Waals surface area contributed by atoms with E-state index < -0.39 is 0 Å². The Kier molecular flexibility index (Phi) is 4.19. The fraction of sp³-hybridized carbons (Fsp3) is 1.00. The van der Waals surface area contributed by atoms with Crippen LogP contribution >= 0.6 is 0 Å². The van der Waals surface area contributed by atoms with E-state index in [2.05, 4.69) is 15.1 Å². The molecule has 2 atom stereocenters. The first-order chi connectivity index (χ1) is 8.85. The molecule has 2 heterocycles. The van der Waals surface area contributed by atoms with E-state index in [1.54, 1.807) is 0 Å². The first-order valence-corrected chi connectivity index (χ1v) is 7.68. The van der Waals surface area contributed by atoms with Gasteiger partial charge in [0.1, 0.15) is 0 Å². The summed E-state index contributed by atoms with van der Waals surface area (Å²) in [6.45, 7) is 6.31. The van der Waals surface area contributed by atoms with Crippen LogP contribution in [0.5, 0.6) is 0 Å². The Morgan fingerprint density at radius 2 is 1.94 bits per heavy atom. The van der Waals surface area contributed by atoms with E-state index in [9.17, 15) is 5.11 Å².